The second-order valence-corrected chi connectivity index (χ2v) is 6.34. The number of rotatable bonds is 3. The molecule has 0 aliphatic carbocycles. The molecule has 1 fully saturated rings. The predicted molar refractivity (Wildman–Crippen MR) is 92.9 cm³/mol. The SMILES string of the molecule is CCn1ccnc1C1CCCCN1C(=O)c1cc2ccccn2c1. The van der Waals surface area contributed by atoms with Gasteiger partial charge in [0.2, 0.25) is 0 Å². The van der Waals surface area contributed by atoms with E-state index in [1.54, 1.807) is 0 Å². The van der Waals surface area contributed by atoms with Crippen LogP contribution in [-0.2, 0) is 6.54 Å². The molecule has 0 aromatic carbocycles. The molecule has 1 aliphatic heterocycles. The zero-order chi connectivity index (χ0) is 16.5. The van der Waals surface area contributed by atoms with Gasteiger partial charge in [-0.1, -0.05) is 6.07 Å². The minimum atomic E-state index is 0.0733. The number of fused-ring (bicyclic) bond motifs is 1. The Balaban J connectivity index is 1.68. The molecule has 124 valence electrons. The maximum Gasteiger partial charge on any atom is 0.256 e. The number of hydrogen-bond donors (Lipinski definition) is 0. The molecular formula is C19H22N4O. The second-order valence-electron chi connectivity index (χ2n) is 6.34. The maximum atomic E-state index is 13.2. The average Bonchev–Trinajstić information content (AvgIpc) is 3.27. The smallest absolute Gasteiger partial charge is 0.256 e. The molecule has 5 nitrogen and oxygen atoms in total. The van der Waals surface area contributed by atoms with Crippen molar-refractivity contribution in [3.05, 3.63) is 60.4 Å². The van der Waals surface area contributed by atoms with E-state index in [2.05, 4.69) is 16.5 Å². The van der Waals surface area contributed by atoms with Crippen LogP contribution < -0.4 is 0 Å². The summed E-state index contributed by atoms with van der Waals surface area (Å²) in [5.74, 6) is 1.11. The van der Waals surface area contributed by atoms with Gasteiger partial charge in [0, 0.05) is 43.4 Å². The molecule has 1 amide bonds. The van der Waals surface area contributed by atoms with Gasteiger partial charge in [0.05, 0.1) is 11.6 Å². The van der Waals surface area contributed by atoms with E-state index in [1.165, 1.54) is 0 Å². The van der Waals surface area contributed by atoms with E-state index in [4.69, 9.17) is 0 Å². The molecule has 1 aliphatic rings. The molecule has 5 heteroatoms. The number of aromatic nitrogens is 3. The van der Waals surface area contributed by atoms with Gasteiger partial charge in [-0.25, -0.2) is 4.98 Å². The lowest BCUT2D eigenvalue weighted by Gasteiger charge is -2.35. The average molecular weight is 322 g/mol. The van der Waals surface area contributed by atoms with Crippen LogP contribution in [0, 0.1) is 0 Å². The lowest BCUT2D eigenvalue weighted by molar-refractivity contribution is 0.0595. The van der Waals surface area contributed by atoms with Crippen molar-refractivity contribution in [3.8, 4) is 0 Å². The van der Waals surface area contributed by atoms with Crippen LogP contribution in [0.2, 0.25) is 0 Å². The van der Waals surface area contributed by atoms with Crippen LogP contribution in [-0.4, -0.2) is 31.3 Å². The predicted octanol–water partition coefficient (Wildman–Crippen LogP) is 3.52. The highest BCUT2D eigenvalue weighted by molar-refractivity contribution is 5.96. The van der Waals surface area contributed by atoms with Gasteiger partial charge in [0.25, 0.3) is 5.91 Å². The van der Waals surface area contributed by atoms with E-state index in [0.717, 1.165) is 49.3 Å². The highest BCUT2D eigenvalue weighted by Gasteiger charge is 2.31. The van der Waals surface area contributed by atoms with Crippen LogP contribution >= 0.6 is 0 Å². The van der Waals surface area contributed by atoms with Gasteiger partial charge in [-0.15, -0.1) is 0 Å². The summed E-state index contributed by atoms with van der Waals surface area (Å²) in [4.78, 5) is 19.7. The Morgan fingerprint density at radius 3 is 3.04 bits per heavy atom. The van der Waals surface area contributed by atoms with Crippen molar-refractivity contribution in [2.75, 3.05) is 6.54 Å². The molecule has 1 atom stereocenters. The summed E-state index contributed by atoms with van der Waals surface area (Å²) in [6.07, 6.45) is 10.9. The molecule has 4 rings (SSSR count). The van der Waals surface area contributed by atoms with E-state index in [1.807, 2.05) is 58.4 Å². The van der Waals surface area contributed by atoms with Crippen LogP contribution in [0.4, 0.5) is 0 Å². The van der Waals surface area contributed by atoms with E-state index < -0.39 is 0 Å². The third-order valence-corrected chi connectivity index (χ3v) is 4.90. The van der Waals surface area contributed by atoms with E-state index in [9.17, 15) is 4.79 Å². The Kier molecular flexibility index (Phi) is 3.84. The lowest BCUT2D eigenvalue weighted by atomic mass is 10.0. The standard InChI is InChI=1S/C19H22N4O/c1-2-21-12-9-20-18(21)17-8-4-6-11-23(17)19(24)15-13-16-7-3-5-10-22(16)14-15/h3,5,7,9-10,12-14,17H,2,4,6,8,11H2,1H3. The zero-order valence-electron chi connectivity index (χ0n) is 13.9. The van der Waals surface area contributed by atoms with Crippen molar-refractivity contribution < 1.29 is 4.79 Å². The summed E-state index contributed by atoms with van der Waals surface area (Å²) < 4.78 is 4.14. The van der Waals surface area contributed by atoms with Crippen molar-refractivity contribution in [1.82, 2.24) is 18.9 Å². The van der Waals surface area contributed by atoms with E-state index in [0.29, 0.717) is 0 Å². The topological polar surface area (TPSA) is 42.5 Å². The third-order valence-electron chi connectivity index (χ3n) is 4.90. The lowest BCUT2D eigenvalue weighted by Crippen LogP contribution is -2.39. The molecule has 3 aromatic heterocycles. The molecule has 24 heavy (non-hydrogen) atoms. The van der Waals surface area contributed by atoms with Crippen molar-refractivity contribution >= 4 is 11.4 Å². The number of amides is 1. The summed E-state index contributed by atoms with van der Waals surface area (Å²) in [5.41, 5.74) is 1.80. The Hall–Kier alpha value is -2.56. The number of hydrogen-bond acceptors (Lipinski definition) is 2. The van der Waals surface area contributed by atoms with Gasteiger partial charge in [0.15, 0.2) is 0 Å². The van der Waals surface area contributed by atoms with Gasteiger partial charge < -0.3 is 13.9 Å². The zero-order valence-corrected chi connectivity index (χ0v) is 13.9. The largest absolute Gasteiger partial charge is 0.333 e. The first-order valence-corrected chi connectivity index (χ1v) is 8.66. The van der Waals surface area contributed by atoms with Gasteiger partial charge in [-0.3, -0.25) is 4.79 Å². The molecule has 0 N–H and O–H groups in total. The van der Waals surface area contributed by atoms with Crippen molar-refractivity contribution in [2.24, 2.45) is 0 Å². The fraction of sp³-hybridized carbons (Fsp3) is 0.368. The Morgan fingerprint density at radius 2 is 2.21 bits per heavy atom. The second kappa shape index (κ2) is 6.15. The summed E-state index contributed by atoms with van der Waals surface area (Å²) in [5, 5.41) is 0. The number of imidazole rings is 1. The number of nitrogens with zero attached hydrogens (tertiary/aromatic N) is 4. The van der Waals surface area contributed by atoms with Crippen LogP contribution in [0.5, 0.6) is 0 Å². The Bertz CT molecular complexity index is 830. The van der Waals surface area contributed by atoms with Crippen molar-refractivity contribution in [3.63, 3.8) is 0 Å². The molecule has 1 saturated heterocycles. The number of piperidine rings is 1. The molecule has 4 heterocycles. The Labute approximate surface area is 141 Å². The van der Waals surface area contributed by atoms with E-state index >= 15 is 0 Å². The molecule has 0 spiro atoms. The summed E-state index contributed by atoms with van der Waals surface area (Å²) in [6.45, 7) is 3.79. The first-order valence-electron chi connectivity index (χ1n) is 8.66. The van der Waals surface area contributed by atoms with Gasteiger partial charge in [-0.2, -0.15) is 0 Å². The van der Waals surface area contributed by atoms with Crippen LogP contribution in [0.3, 0.4) is 0 Å². The minimum Gasteiger partial charge on any atom is -0.333 e. The molecule has 0 radical (unpaired) electrons. The van der Waals surface area contributed by atoms with Gasteiger partial charge in [0.1, 0.15) is 5.82 Å². The quantitative estimate of drug-likeness (QED) is 0.740. The number of likely N-dealkylation sites (tertiary alicyclic amines) is 1. The molecule has 0 saturated carbocycles. The van der Waals surface area contributed by atoms with E-state index in [-0.39, 0.29) is 11.9 Å². The maximum absolute atomic E-state index is 13.2. The minimum absolute atomic E-state index is 0.0733. The first kappa shape index (κ1) is 15.0. The van der Waals surface area contributed by atoms with Crippen molar-refractivity contribution in [1.29, 1.82) is 0 Å². The van der Waals surface area contributed by atoms with Gasteiger partial charge >= 0.3 is 0 Å². The summed E-state index contributed by atoms with van der Waals surface area (Å²) in [7, 11) is 0. The fourth-order valence-corrected chi connectivity index (χ4v) is 3.67. The normalized spacial score (nSPS) is 18.2. The first-order chi connectivity index (χ1) is 11.8. The van der Waals surface area contributed by atoms with Gasteiger partial charge in [-0.05, 0) is 44.4 Å². The third kappa shape index (κ3) is 2.50. The molecule has 0 bridgehead atoms. The molecule has 3 aromatic rings. The van der Waals surface area contributed by atoms with Crippen LogP contribution in [0.1, 0.15) is 48.4 Å². The Morgan fingerprint density at radius 1 is 1.29 bits per heavy atom. The summed E-state index contributed by atoms with van der Waals surface area (Å²) in [6, 6.07) is 8.03. The van der Waals surface area contributed by atoms with Crippen LogP contribution in [0.15, 0.2) is 49.1 Å². The van der Waals surface area contributed by atoms with Crippen molar-refractivity contribution in [2.45, 2.75) is 38.8 Å². The monoisotopic (exact) mass is 322 g/mol. The molecular weight excluding hydrogens is 300 g/mol. The highest BCUT2D eigenvalue weighted by atomic mass is 16.2. The summed E-state index contributed by atoms with van der Waals surface area (Å²) >= 11 is 0. The number of pyridine rings is 1. The highest BCUT2D eigenvalue weighted by Crippen LogP contribution is 2.31. The number of carbonyl (C=O) groups is 1. The number of carbonyl (C=O) groups excluding carboxylic acids is 1. The number of aryl methyl sites for hydroxylation is 1. The van der Waals surface area contributed by atoms with Crippen LogP contribution in [0.25, 0.3) is 5.52 Å². The fourth-order valence-electron chi connectivity index (χ4n) is 3.67. The molecule has 1 unspecified atom stereocenters.